The highest BCUT2D eigenvalue weighted by atomic mass is 19.4. The summed E-state index contributed by atoms with van der Waals surface area (Å²) >= 11 is 0. The standard InChI is InChI=1S/C28H22F3N5O2/c1-17(18-7-4-3-5-8-18)33-27-32-14-13-22(34-27)25-24(19-9-6-10-21(15-19)28(29,30)31)35-23-12-11-20(16-36(23)25)26(37)38-2/h3-17H,1-2H3,(H,32,33,34)/t17-/m1/s1. The number of carbonyl (C=O) groups is 1. The number of ether oxygens (including phenoxy) is 1. The van der Waals surface area contributed by atoms with Crippen molar-refractivity contribution in [3.05, 3.63) is 102 Å². The Kier molecular flexibility index (Phi) is 6.54. The van der Waals surface area contributed by atoms with Crippen molar-refractivity contribution in [1.82, 2.24) is 19.4 Å². The lowest BCUT2D eigenvalue weighted by atomic mass is 10.0. The SMILES string of the molecule is COC(=O)c1ccc2nc(-c3cccc(C(F)(F)F)c3)c(-c3ccnc(N[C@H](C)c4ccccc4)n3)n2c1. The Labute approximate surface area is 216 Å². The number of anilines is 1. The number of halogens is 3. The molecule has 0 aliphatic heterocycles. The number of benzene rings is 2. The minimum absolute atomic E-state index is 0.109. The van der Waals surface area contributed by atoms with Crippen LogP contribution in [0.1, 0.15) is 34.5 Å². The number of methoxy groups -OCH3 is 1. The molecule has 38 heavy (non-hydrogen) atoms. The molecule has 0 saturated carbocycles. The van der Waals surface area contributed by atoms with E-state index in [4.69, 9.17) is 4.74 Å². The Hall–Kier alpha value is -4.73. The summed E-state index contributed by atoms with van der Waals surface area (Å²) in [6.45, 7) is 1.97. The third-order valence-corrected chi connectivity index (χ3v) is 6.05. The molecule has 0 saturated heterocycles. The van der Waals surface area contributed by atoms with E-state index in [0.717, 1.165) is 17.7 Å². The number of hydrogen-bond acceptors (Lipinski definition) is 6. The van der Waals surface area contributed by atoms with Gasteiger partial charge in [-0.15, -0.1) is 0 Å². The molecule has 3 aromatic heterocycles. The van der Waals surface area contributed by atoms with Gasteiger partial charge in [0.05, 0.1) is 41.4 Å². The number of pyridine rings is 1. The highest BCUT2D eigenvalue weighted by Gasteiger charge is 2.31. The molecule has 0 unspecified atom stereocenters. The van der Waals surface area contributed by atoms with Crippen molar-refractivity contribution < 1.29 is 22.7 Å². The third kappa shape index (κ3) is 4.93. The Bertz CT molecular complexity index is 1620. The first-order chi connectivity index (χ1) is 18.2. The largest absolute Gasteiger partial charge is 0.465 e. The van der Waals surface area contributed by atoms with Gasteiger partial charge >= 0.3 is 12.1 Å². The molecule has 5 rings (SSSR count). The molecule has 2 aromatic carbocycles. The fourth-order valence-electron chi connectivity index (χ4n) is 4.15. The number of aromatic nitrogens is 4. The van der Waals surface area contributed by atoms with Crippen molar-refractivity contribution in [1.29, 1.82) is 0 Å². The molecule has 0 amide bonds. The predicted molar refractivity (Wildman–Crippen MR) is 136 cm³/mol. The number of alkyl halides is 3. The summed E-state index contributed by atoms with van der Waals surface area (Å²) in [5.41, 5.74) is 2.25. The van der Waals surface area contributed by atoms with E-state index in [1.807, 2.05) is 37.3 Å². The van der Waals surface area contributed by atoms with Crippen LogP contribution >= 0.6 is 0 Å². The van der Waals surface area contributed by atoms with Crippen LogP contribution in [-0.4, -0.2) is 32.4 Å². The predicted octanol–water partition coefficient (Wildman–Crippen LogP) is 6.44. The van der Waals surface area contributed by atoms with Crippen molar-refractivity contribution in [2.75, 3.05) is 12.4 Å². The van der Waals surface area contributed by atoms with Gasteiger partial charge in [0.2, 0.25) is 5.95 Å². The van der Waals surface area contributed by atoms with Crippen LogP contribution in [0, 0.1) is 0 Å². The maximum absolute atomic E-state index is 13.5. The minimum atomic E-state index is -4.52. The normalized spacial score (nSPS) is 12.3. The number of nitrogens with one attached hydrogen (secondary N) is 1. The second kappa shape index (κ2) is 9.97. The van der Waals surface area contributed by atoms with Crippen LogP contribution in [-0.2, 0) is 10.9 Å². The summed E-state index contributed by atoms with van der Waals surface area (Å²) in [5, 5.41) is 3.26. The fourth-order valence-corrected chi connectivity index (χ4v) is 4.15. The van der Waals surface area contributed by atoms with E-state index in [1.165, 1.54) is 19.4 Å². The van der Waals surface area contributed by atoms with Crippen LogP contribution < -0.4 is 5.32 Å². The van der Waals surface area contributed by atoms with Crippen molar-refractivity contribution in [3.63, 3.8) is 0 Å². The second-order valence-electron chi connectivity index (χ2n) is 8.57. The van der Waals surface area contributed by atoms with Gasteiger partial charge < -0.3 is 10.1 Å². The van der Waals surface area contributed by atoms with Crippen LogP contribution in [0.2, 0.25) is 0 Å². The van der Waals surface area contributed by atoms with Gasteiger partial charge in [0.1, 0.15) is 5.65 Å². The lowest BCUT2D eigenvalue weighted by Gasteiger charge is -2.15. The molecule has 0 radical (unpaired) electrons. The maximum atomic E-state index is 13.5. The van der Waals surface area contributed by atoms with Crippen LogP contribution in [0.15, 0.2) is 85.2 Å². The Morgan fingerprint density at radius 2 is 1.79 bits per heavy atom. The molecule has 0 aliphatic carbocycles. The third-order valence-electron chi connectivity index (χ3n) is 6.05. The number of imidazole rings is 1. The maximum Gasteiger partial charge on any atom is 0.416 e. The molecule has 0 spiro atoms. The summed E-state index contributed by atoms with van der Waals surface area (Å²) in [5.74, 6) is -0.234. The van der Waals surface area contributed by atoms with Gasteiger partial charge in [-0.1, -0.05) is 42.5 Å². The summed E-state index contributed by atoms with van der Waals surface area (Å²) < 4.78 is 47.0. The number of hydrogen-bond donors (Lipinski definition) is 1. The summed E-state index contributed by atoms with van der Waals surface area (Å²) in [6, 6.07) is 19.4. The van der Waals surface area contributed by atoms with E-state index in [9.17, 15) is 18.0 Å². The Morgan fingerprint density at radius 3 is 2.53 bits per heavy atom. The number of esters is 1. The highest BCUT2D eigenvalue weighted by molar-refractivity contribution is 5.90. The molecular weight excluding hydrogens is 495 g/mol. The Morgan fingerprint density at radius 1 is 1.00 bits per heavy atom. The molecule has 10 heteroatoms. The molecule has 3 heterocycles. The monoisotopic (exact) mass is 517 g/mol. The van der Waals surface area contributed by atoms with Crippen LogP contribution in [0.4, 0.5) is 19.1 Å². The number of rotatable bonds is 6. The number of nitrogens with zero attached hydrogens (tertiary/aromatic N) is 4. The summed E-state index contributed by atoms with van der Waals surface area (Å²) in [4.78, 5) is 25.8. The van der Waals surface area contributed by atoms with Gasteiger partial charge in [-0.25, -0.2) is 19.7 Å². The number of fused-ring (bicyclic) bond motifs is 1. The van der Waals surface area contributed by atoms with Crippen LogP contribution in [0.5, 0.6) is 0 Å². The first kappa shape index (κ1) is 24.9. The zero-order chi connectivity index (χ0) is 26.9. The van der Waals surface area contributed by atoms with Crippen LogP contribution in [0.25, 0.3) is 28.3 Å². The van der Waals surface area contributed by atoms with E-state index >= 15 is 0 Å². The van der Waals surface area contributed by atoms with E-state index in [-0.39, 0.29) is 22.9 Å². The average Bonchev–Trinajstić information content (AvgIpc) is 3.32. The van der Waals surface area contributed by atoms with Gasteiger partial charge in [-0.05, 0) is 42.8 Å². The van der Waals surface area contributed by atoms with Gasteiger partial charge in [-0.2, -0.15) is 13.2 Å². The van der Waals surface area contributed by atoms with Gasteiger partial charge in [-0.3, -0.25) is 4.40 Å². The van der Waals surface area contributed by atoms with Gasteiger partial charge in [0, 0.05) is 18.0 Å². The van der Waals surface area contributed by atoms with Crippen molar-refractivity contribution in [2.45, 2.75) is 19.1 Å². The summed E-state index contributed by atoms with van der Waals surface area (Å²) in [7, 11) is 1.27. The quantitative estimate of drug-likeness (QED) is 0.261. The molecule has 7 nitrogen and oxygen atoms in total. The highest BCUT2D eigenvalue weighted by Crippen LogP contribution is 2.36. The summed E-state index contributed by atoms with van der Waals surface area (Å²) in [6.07, 6.45) is -1.43. The smallest absolute Gasteiger partial charge is 0.416 e. The average molecular weight is 518 g/mol. The van der Waals surface area contributed by atoms with Crippen molar-refractivity contribution >= 4 is 17.6 Å². The van der Waals surface area contributed by atoms with Crippen LogP contribution in [0.3, 0.4) is 0 Å². The topological polar surface area (TPSA) is 81.4 Å². The van der Waals surface area contributed by atoms with E-state index in [1.54, 1.807) is 34.9 Å². The zero-order valence-corrected chi connectivity index (χ0v) is 20.4. The van der Waals surface area contributed by atoms with Crippen molar-refractivity contribution in [2.24, 2.45) is 0 Å². The zero-order valence-electron chi connectivity index (χ0n) is 20.4. The molecule has 1 N–H and O–H groups in total. The number of carbonyl (C=O) groups excluding carboxylic acids is 1. The molecule has 192 valence electrons. The fraction of sp³-hybridized carbons (Fsp3) is 0.143. The molecule has 0 aliphatic rings. The van der Waals surface area contributed by atoms with Crippen molar-refractivity contribution in [3.8, 4) is 22.6 Å². The molecule has 0 fully saturated rings. The van der Waals surface area contributed by atoms with Gasteiger partial charge in [0.25, 0.3) is 0 Å². The second-order valence-corrected chi connectivity index (χ2v) is 8.57. The van der Waals surface area contributed by atoms with E-state index in [0.29, 0.717) is 23.0 Å². The van der Waals surface area contributed by atoms with E-state index < -0.39 is 17.7 Å². The molecular formula is C28H22F3N5O2. The Balaban J connectivity index is 1.66. The first-order valence-electron chi connectivity index (χ1n) is 11.7. The molecule has 5 aromatic rings. The van der Waals surface area contributed by atoms with E-state index in [2.05, 4.69) is 20.3 Å². The molecule has 1 atom stereocenters. The lowest BCUT2D eigenvalue weighted by Crippen LogP contribution is -2.10. The minimum Gasteiger partial charge on any atom is -0.465 e. The molecule has 0 bridgehead atoms. The first-order valence-corrected chi connectivity index (χ1v) is 11.7. The lowest BCUT2D eigenvalue weighted by molar-refractivity contribution is -0.137. The van der Waals surface area contributed by atoms with Gasteiger partial charge in [0.15, 0.2) is 0 Å².